The van der Waals surface area contributed by atoms with Crippen LogP contribution in [-0.2, 0) is 6.54 Å². The average molecular weight is 224 g/mol. The molecule has 0 aliphatic carbocycles. The summed E-state index contributed by atoms with van der Waals surface area (Å²) in [5.74, 6) is 1.37. The Morgan fingerprint density at radius 1 is 1.67 bits per heavy atom. The van der Waals surface area contributed by atoms with Crippen LogP contribution in [0.3, 0.4) is 0 Å². The van der Waals surface area contributed by atoms with Crippen LogP contribution in [0.2, 0.25) is 0 Å². The Bertz CT molecular complexity index is 385. The zero-order valence-corrected chi connectivity index (χ0v) is 9.68. The van der Waals surface area contributed by atoms with E-state index in [-0.39, 0.29) is 0 Å². The average Bonchev–Trinajstić information content (AvgIpc) is 2.53. The number of nitrogens with one attached hydrogen (secondary N) is 1. The van der Waals surface area contributed by atoms with Crippen molar-refractivity contribution in [1.29, 1.82) is 5.26 Å². The van der Waals surface area contributed by atoms with Gasteiger partial charge in [0, 0.05) is 0 Å². The van der Waals surface area contributed by atoms with Gasteiger partial charge < -0.3 is 4.42 Å². The van der Waals surface area contributed by atoms with Crippen molar-refractivity contribution in [2.45, 2.75) is 20.4 Å². The Morgan fingerprint density at radius 2 is 2.40 bits per heavy atom. The molecular weight excluding hydrogens is 212 g/mol. The monoisotopic (exact) mass is 224 g/mol. The first-order valence-electron chi connectivity index (χ1n) is 4.33. The maximum absolute atomic E-state index is 8.42. The van der Waals surface area contributed by atoms with Crippen LogP contribution < -0.4 is 5.32 Å². The first-order chi connectivity index (χ1) is 7.17. The molecule has 0 spiro atoms. The molecule has 80 valence electrons. The van der Waals surface area contributed by atoms with Gasteiger partial charge >= 0.3 is 0 Å². The fourth-order valence-electron chi connectivity index (χ4n) is 0.949. The lowest BCUT2D eigenvalue weighted by molar-refractivity contribution is 0.473. The van der Waals surface area contributed by atoms with Crippen molar-refractivity contribution in [2.24, 2.45) is 4.99 Å². The molecule has 0 bridgehead atoms. The van der Waals surface area contributed by atoms with Gasteiger partial charge in [-0.15, -0.1) is 0 Å². The lowest BCUT2D eigenvalue weighted by atomic mass is 10.4. The second kappa shape index (κ2) is 5.41. The van der Waals surface area contributed by atoms with E-state index in [1.165, 1.54) is 11.8 Å². The molecule has 1 N–H and O–H groups in total. The van der Waals surface area contributed by atoms with Gasteiger partial charge in [-0.3, -0.25) is 10.3 Å². The summed E-state index contributed by atoms with van der Waals surface area (Å²) in [6, 6.07) is 0. The van der Waals surface area contributed by atoms with Crippen LogP contribution in [0.15, 0.2) is 9.41 Å². The molecule has 1 rings (SSSR count). The van der Waals surface area contributed by atoms with Crippen molar-refractivity contribution in [3.05, 3.63) is 17.3 Å². The first-order valence-corrected chi connectivity index (χ1v) is 5.56. The molecule has 0 saturated carbocycles. The quantitative estimate of drug-likeness (QED) is 0.357. The smallest absolute Gasteiger partial charge is 0.216 e. The van der Waals surface area contributed by atoms with Crippen LogP contribution in [0.5, 0.6) is 0 Å². The van der Waals surface area contributed by atoms with Gasteiger partial charge in [0.15, 0.2) is 11.4 Å². The third kappa shape index (κ3) is 3.29. The summed E-state index contributed by atoms with van der Waals surface area (Å²) in [5, 5.41) is 11.5. The molecule has 0 aliphatic rings. The minimum absolute atomic E-state index is 0.347. The van der Waals surface area contributed by atoms with Crippen molar-refractivity contribution < 1.29 is 4.42 Å². The topological polar surface area (TPSA) is 74.2 Å². The highest BCUT2D eigenvalue weighted by Crippen LogP contribution is 2.09. The van der Waals surface area contributed by atoms with E-state index in [2.05, 4.69) is 15.3 Å². The first kappa shape index (κ1) is 11.6. The number of oxazole rings is 1. The van der Waals surface area contributed by atoms with Crippen LogP contribution in [0, 0.1) is 25.3 Å². The van der Waals surface area contributed by atoms with E-state index < -0.39 is 0 Å². The van der Waals surface area contributed by atoms with Crippen LogP contribution in [0.25, 0.3) is 0 Å². The molecule has 0 aromatic carbocycles. The van der Waals surface area contributed by atoms with Gasteiger partial charge in [-0.05, 0) is 20.1 Å². The number of aromatic nitrogens is 1. The summed E-state index contributed by atoms with van der Waals surface area (Å²) in [7, 11) is 0. The van der Waals surface area contributed by atoms with Crippen molar-refractivity contribution in [3.8, 4) is 6.19 Å². The number of amidine groups is 1. The Kier molecular flexibility index (Phi) is 4.18. The highest BCUT2D eigenvalue weighted by Gasteiger charge is 2.04. The number of nitrogens with zero attached hydrogens (tertiary/aromatic N) is 3. The van der Waals surface area contributed by atoms with E-state index in [9.17, 15) is 0 Å². The lowest BCUT2D eigenvalue weighted by Crippen LogP contribution is -2.13. The van der Waals surface area contributed by atoms with E-state index in [1.54, 1.807) is 0 Å². The summed E-state index contributed by atoms with van der Waals surface area (Å²) in [5.41, 5.74) is 0.874. The second-order valence-electron chi connectivity index (χ2n) is 2.81. The minimum Gasteiger partial charge on any atom is -0.444 e. The predicted octanol–water partition coefficient (Wildman–Crippen LogP) is 1.58. The highest BCUT2D eigenvalue weighted by atomic mass is 32.2. The summed E-state index contributed by atoms with van der Waals surface area (Å²) in [6.45, 7) is 4.09. The molecule has 0 amide bonds. The van der Waals surface area contributed by atoms with Gasteiger partial charge in [0.1, 0.15) is 12.3 Å². The fourth-order valence-corrected chi connectivity index (χ4v) is 1.29. The van der Waals surface area contributed by atoms with E-state index in [1.807, 2.05) is 26.3 Å². The molecular formula is C9H12N4OS. The number of aliphatic imine (C=N–C) groups is 1. The number of thioether (sulfide) groups is 1. The van der Waals surface area contributed by atoms with Crippen molar-refractivity contribution in [2.75, 3.05) is 6.26 Å². The molecule has 5 nitrogen and oxygen atoms in total. The van der Waals surface area contributed by atoms with Crippen LogP contribution in [0.4, 0.5) is 0 Å². The largest absolute Gasteiger partial charge is 0.444 e. The van der Waals surface area contributed by atoms with E-state index >= 15 is 0 Å². The van der Waals surface area contributed by atoms with Crippen LogP contribution >= 0.6 is 11.8 Å². The zero-order chi connectivity index (χ0) is 11.3. The normalized spacial score (nSPS) is 11.2. The minimum atomic E-state index is 0.347. The molecule has 0 saturated heterocycles. The summed E-state index contributed by atoms with van der Waals surface area (Å²) >= 11 is 1.37. The van der Waals surface area contributed by atoms with E-state index in [0.29, 0.717) is 17.6 Å². The Balaban J connectivity index is 2.66. The molecule has 0 unspecified atom stereocenters. The van der Waals surface area contributed by atoms with Crippen molar-refractivity contribution in [3.63, 3.8) is 0 Å². The molecule has 0 fully saturated rings. The van der Waals surface area contributed by atoms with Gasteiger partial charge in [0.2, 0.25) is 5.89 Å². The number of rotatable bonds is 2. The second-order valence-corrected chi connectivity index (χ2v) is 3.61. The number of aryl methyl sites for hydroxylation is 2. The summed E-state index contributed by atoms with van der Waals surface area (Å²) in [4.78, 5) is 8.33. The van der Waals surface area contributed by atoms with Gasteiger partial charge in [0.05, 0.1) is 5.69 Å². The molecule has 0 aliphatic heterocycles. The number of hydrogen-bond donors (Lipinski definition) is 1. The molecule has 1 aromatic heterocycles. The standard InChI is InChI=1S/C9H12N4OS/c1-6-7(2)14-8(13-6)4-11-9(15-3)12-5-10/h4H2,1-3H3,(H,11,12). The predicted molar refractivity (Wildman–Crippen MR) is 59.4 cm³/mol. The molecule has 15 heavy (non-hydrogen) atoms. The SMILES string of the molecule is CSC(=NCc1nc(C)c(C)o1)NC#N. The summed E-state index contributed by atoms with van der Waals surface area (Å²) < 4.78 is 5.35. The maximum Gasteiger partial charge on any atom is 0.216 e. The molecule has 0 radical (unpaired) electrons. The van der Waals surface area contributed by atoms with Crippen LogP contribution in [0.1, 0.15) is 17.3 Å². The van der Waals surface area contributed by atoms with Gasteiger partial charge in [-0.2, -0.15) is 5.26 Å². The molecule has 1 heterocycles. The lowest BCUT2D eigenvalue weighted by Gasteiger charge is -1.96. The van der Waals surface area contributed by atoms with Gasteiger partial charge in [-0.1, -0.05) is 11.8 Å². The van der Waals surface area contributed by atoms with Gasteiger partial charge in [0.25, 0.3) is 0 Å². The zero-order valence-electron chi connectivity index (χ0n) is 8.87. The maximum atomic E-state index is 8.42. The Labute approximate surface area is 92.6 Å². The van der Waals surface area contributed by atoms with Crippen molar-refractivity contribution in [1.82, 2.24) is 10.3 Å². The Morgan fingerprint density at radius 3 is 2.87 bits per heavy atom. The Hall–Kier alpha value is -1.48. The van der Waals surface area contributed by atoms with Crippen LogP contribution in [-0.4, -0.2) is 16.4 Å². The third-order valence-corrected chi connectivity index (χ3v) is 2.40. The number of nitriles is 1. The molecule has 1 aromatic rings. The van der Waals surface area contributed by atoms with E-state index in [0.717, 1.165) is 11.5 Å². The fraction of sp³-hybridized carbons (Fsp3) is 0.444. The van der Waals surface area contributed by atoms with E-state index in [4.69, 9.17) is 9.68 Å². The summed E-state index contributed by atoms with van der Waals surface area (Å²) in [6.07, 6.45) is 3.66. The highest BCUT2D eigenvalue weighted by molar-refractivity contribution is 8.13. The third-order valence-electron chi connectivity index (χ3n) is 1.79. The molecule has 0 atom stereocenters. The van der Waals surface area contributed by atoms with Gasteiger partial charge in [-0.25, -0.2) is 4.98 Å². The molecule has 6 heteroatoms. The number of hydrogen-bond acceptors (Lipinski definition) is 5. The van der Waals surface area contributed by atoms with Crippen molar-refractivity contribution >= 4 is 16.9 Å².